The zero-order chi connectivity index (χ0) is 15.3. The van der Waals surface area contributed by atoms with E-state index in [9.17, 15) is 9.59 Å². The molecule has 1 N–H and O–H groups in total. The Balaban J connectivity index is 1.71. The molecule has 0 spiro atoms. The van der Waals surface area contributed by atoms with Crippen LogP contribution in [0.3, 0.4) is 0 Å². The van der Waals surface area contributed by atoms with Crippen molar-refractivity contribution in [2.24, 2.45) is 5.41 Å². The van der Waals surface area contributed by atoms with Crippen LogP contribution in [0, 0.1) is 5.41 Å². The lowest BCUT2D eigenvalue weighted by molar-refractivity contribution is -0.141. The third-order valence-corrected chi connectivity index (χ3v) is 5.23. The maximum absolute atomic E-state index is 11.9. The molecule has 1 fully saturated rings. The van der Waals surface area contributed by atoms with Crippen LogP contribution >= 0.6 is 27.7 Å². The monoisotopic (exact) mass is 371 g/mol. The van der Waals surface area contributed by atoms with Gasteiger partial charge in [0.1, 0.15) is 0 Å². The van der Waals surface area contributed by atoms with Crippen molar-refractivity contribution in [2.75, 3.05) is 23.9 Å². The minimum atomic E-state index is -0.160. The zero-order valence-corrected chi connectivity index (χ0v) is 14.3. The molecular weight excluding hydrogens is 354 g/mol. The number of carbonyl (C=O) groups excluding carboxylic acids is 2. The van der Waals surface area contributed by atoms with Gasteiger partial charge in [-0.2, -0.15) is 11.8 Å². The minimum absolute atomic E-state index is 0.0213. The van der Waals surface area contributed by atoms with Gasteiger partial charge in [0, 0.05) is 10.2 Å². The molecular formula is C15H18BrNO3S. The molecule has 1 aromatic rings. The summed E-state index contributed by atoms with van der Waals surface area (Å²) in [6, 6.07) is 7.51. The average Bonchev–Trinajstić information content (AvgIpc) is 3.18. The number of thioether (sulfide) groups is 1. The molecule has 1 amide bonds. The number of methoxy groups -OCH3 is 1. The van der Waals surface area contributed by atoms with Crippen LogP contribution in [-0.2, 0) is 14.3 Å². The second-order valence-corrected chi connectivity index (χ2v) is 7.21. The predicted molar refractivity (Wildman–Crippen MR) is 88.4 cm³/mol. The summed E-state index contributed by atoms with van der Waals surface area (Å²) in [5.74, 6) is 1.04. The van der Waals surface area contributed by atoms with Crippen molar-refractivity contribution in [3.05, 3.63) is 28.7 Å². The molecule has 0 bridgehead atoms. The molecule has 1 aliphatic rings. The summed E-state index contributed by atoms with van der Waals surface area (Å²) in [5.41, 5.74) is 0.846. The number of anilines is 1. The van der Waals surface area contributed by atoms with E-state index in [1.165, 1.54) is 7.11 Å². The Hall–Kier alpha value is -1.01. The van der Waals surface area contributed by atoms with Crippen LogP contribution in [0.1, 0.15) is 19.3 Å². The van der Waals surface area contributed by atoms with Gasteiger partial charge in [-0.1, -0.05) is 22.0 Å². The van der Waals surface area contributed by atoms with E-state index in [-0.39, 0.29) is 17.3 Å². The number of benzene rings is 1. The van der Waals surface area contributed by atoms with Gasteiger partial charge >= 0.3 is 5.97 Å². The highest BCUT2D eigenvalue weighted by molar-refractivity contribution is 9.10. The van der Waals surface area contributed by atoms with Crippen molar-refractivity contribution in [3.8, 4) is 0 Å². The Morgan fingerprint density at radius 3 is 2.81 bits per heavy atom. The van der Waals surface area contributed by atoms with Crippen molar-refractivity contribution >= 4 is 45.3 Å². The number of hydrogen-bond donors (Lipinski definition) is 1. The quantitative estimate of drug-likeness (QED) is 0.745. The fourth-order valence-electron chi connectivity index (χ4n) is 2.05. The summed E-state index contributed by atoms with van der Waals surface area (Å²) in [5, 5.41) is 2.86. The maximum Gasteiger partial charge on any atom is 0.306 e. The van der Waals surface area contributed by atoms with Crippen LogP contribution in [0.25, 0.3) is 0 Å². The van der Waals surface area contributed by atoms with Gasteiger partial charge < -0.3 is 10.1 Å². The lowest BCUT2D eigenvalue weighted by Crippen LogP contribution is -2.17. The largest absolute Gasteiger partial charge is 0.469 e. The summed E-state index contributed by atoms with van der Waals surface area (Å²) in [6.07, 6.45) is 2.55. The lowest BCUT2D eigenvalue weighted by Gasteiger charge is -2.13. The fourth-order valence-corrected chi connectivity index (χ4v) is 3.63. The molecule has 1 aliphatic carbocycles. The van der Waals surface area contributed by atoms with E-state index in [1.807, 2.05) is 24.3 Å². The molecule has 2 rings (SSSR count). The van der Waals surface area contributed by atoms with Gasteiger partial charge in [-0.05, 0) is 42.2 Å². The second-order valence-electron chi connectivity index (χ2n) is 5.30. The van der Waals surface area contributed by atoms with Crippen LogP contribution < -0.4 is 5.32 Å². The van der Waals surface area contributed by atoms with E-state index in [0.717, 1.165) is 28.8 Å². The SMILES string of the molecule is COC(=O)CC1(CSCC(=O)Nc2cccc(Br)c2)CC1. The first-order valence-electron chi connectivity index (χ1n) is 6.73. The van der Waals surface area contributed by atoms with Crippen molar-refractivity contribution in [1.82, 2.24) is 0 Å². The van der Waals surface area contributed by atoms with Crippen molar-refractivity contribution in [2.45, 2.75) is 19.3 Å². The number of nitrogens with one attached hydrogen (secondary N) is 1. The number of rotatable bonds is 7. The minimum Gasteiger partial charge on any atom is -0.469 e. The molecule has 0 aliphatic heterocycles. The lowest BCUT2D eigenvalue weighted by atomic mass is 10.1. The Bertz CT molecular complexity index is 531. The second kappa shape index (κ2) is 7.31. The zero-order valence-electron chi connectivity index (χ0n) is 11.9. The van der Waals surface area contributed by atoms with E-state index in [0.29, 0.717) is 12.2 Å². The normalized spacial score (nSPS) is 15.3. The molecule has 0 atom stereocenters. The van der Waals surface area contributed by atoms with E-state index in [1.54, 1.807) is 11.8 Å². The van der Waals surface area contributed by atoms with E-state index >= 15 is 0 Å². The summed E-state index contributed by atoms with van der Waals surface area (Å²) < 4.78 is 5.65. The fraction of sp³-hybridized carbons (Fsp3) is 0.467. The molecule has 0 saturated heterocycles. The molecule has 1 aromatic carbocycles. The van der Waals surface area contributed by atoms with Crippen LogP contribution in [0.5, 0.6) is 0 Å². The molecule has 0 unspecified atom stereocenters. The highest BCUT2D eigenvalue weighted by atomic mass is 79.9. The van der Waals surface area contributed by atoms with Gasteiger partial charge in [0.15, 0.2) is 0 Å². The number of carbonyl (C=O) groups is 2. The molecule has 1 saturated carbocycles. The Morgan fingerprint density at radius 2 is 2.19 bits per heavy atom. The van der Waals surface area contributed by atoms with Crippen molar-refractivity contribution < 1.29 is 14.3 Å². The van der Waals surface area contributed by atoms with Gasteiger partial charge in [0.25, 0.3) is 0 Å². The smallest absolute Gasteiger partial charge is 0.306 e. The van der Waals surface area contributed by atoms with Gasteiger partial charge in [-0.25, -0.2) is 0 Å². The van der Waals surface area contributed by atoms with Gasteiger partial charge in [0.2, 0.25) is 5.91 Å². The number of hydrogen-bond acceptors (Lipinski definition) is 4. The first-order valence-corrected chi connectivity index (χ1v) is 8.68. The van der Waals surface area contributed by atoms with E-state index in [2.05, 4.69) is 21.2 Å². The first-order chi connectivity index (χ1) is 10.0. The standard InChI is InChI=1S/C15H18BrNO3S/c1-20-14(19)8-15(5-6-15)10-21-9-13(18)17-12-4-2-3-11(16)7-12/h2-4,7H,5-6,8-10H2,1H3,(H,17,18). The van der Waals surface area contributed by atoms with Crippen LogP contribution in [0.15, 0.2) is 28.7 Å². The molecule has 0 radical (unpaired) electrons. The van der Waals surface area contributed by atoms with Crippen molar-refractivity contribution in [1.29, 1.82) is 0 Å². The first kappa shape index (κ1) is 16.4. The molecule has 0 heterocycles. The van der Waals surface area contributed by atoms with E-state index < -0.39 is 0 Å². The Kier molecular flexibility index (Phi) is 5.70. The average molecular weight is 372 g/mol. The number of esters is 1. The van der Waals surface area contributed by atoms with Crippen LogP contribution in [0.4, 0.5) is 5.69 Å². The van der Waals surface area contributed by atoms with E-state index in [4.69, 9.17) is 4.74 Å². The van der Waals surface area contributed by atoms with Gasteiger partial charge in [-0.15, -0.1) is 0 Å². The molecule has 4 nitrogen and oxygen atoms in total. The Morgan fingerprint density at radius 1 is 1.43 bits per heavy atom. The molecule has 0 aromatic heterocycles. The third-order valence-electron chi connectivity index (χ3n) is 3.45. The molecule has 21 heavy (non-hydrogen) atoms. The third kappa shape index (κ3) is 5.36. The highest BCUT2D eigenvalue weighted by Crippen LogP contribution is 2.51. The summed E-state index contributed by atoms with van der Waals surface area (Å²) in [7, 11) is 1.41. The van der Waals surface area contributed by atoms with Crippen molar-refractivity contribution in [3.63, 3.8) is 0 Å². The Labute approximate surface area is 137 Å². The summed E-state index contributed by atoms with van der Waals surface area (Å²) >= 11 is 4.94. The number of halogens is 1. The van der Waals surface area contributed by atoms with Crippen LogP contribution in [0.2, 0.25) is 0 Å². The van der Waals surface area contributed by atoms with Gasteiger partial charge in [0.05, 0.1) is 19.3 Å². The molecule has 114 valence electrons. The molecule has 6 heteroatoms. The highest BCUT2D eigenvalue weighted by Gasteiger charge is 2.44. The predicted octanol–water partition coefficient (Wildman–Crippen LogP) is 3.46. The summed E-state index contributed by atoms with van der Waals surface area (Å²) in [4.78, 5) is 23.2. The number of ether oxygens (including phenoxy) is 1. The maximum atomic E-state index is 11.9. The van der Waals surface area contributed by atoms with Crippen LogP contribution in [-0.4, -0.2) is 30.5 Å². The van der Waals surface area contributed by atoms with Gasteiger partial charge in [-0.3, -0.25) is 9.59 Å². The number of amides is 1. The topological polar surface area (TPSA) is 55.4 Å². The summed E-state index contributed by atoms with van der Waals surface area (Å²) in [6.45, 7) is 0.